The summed E-state index contributed by atoms with van der Waals surface area (Å²) in [7, 11) is 0. The van der Waals surface area contributed by atoms with Gasteiger partial charge in [0, 0.05) is 19.5 Å². The number of nitrogens with zero attached hydrogens (tertiary/aromatic N) is 2. The fraction of sp³-hybridized carbons (Fsp3) is 0.333. The molecule has 28 heavy (non-hydrogen) atoms. The van der Waals surface area contributed by atoms with Gasteiger partial charge in [-0.2, -0.15) is 0 Å². The lowest BCUT2D eigenvalue weighted by atomic mass is 10.0. The second-order valence-electron chi connectivity index (χ2n) is 7.05. The van der Waals surface area contributed by atoms with Crippen LogP contribution in [0.1, 0.15) is 18.1 Å². The molecule has 7 heteroatoms. The highest BCUT2D eigenvalue weighted by atomic mass is 35.5. The van der Waals surface area contributed by atoms with Crippen molar-refractivity contribution in [3.63, 3.8) is 0 Å². The van der Waals surface area contributed by atoms with Crippen molar-refractivity contribution in [3.05, 3.63) is 64.9 Å². The summed E-state index contributed by atoms with van der Waals surface area (Å²) in [5.74, 6) is -0.875. The Labute approximate surface area is 167 Å². The van der Waals surface area contributed by atoms with Crippen molar-refractivity contribution in [2.45, 2.75) is 12.5 Å². The molecule has 2 aliphatic heterocycles. The lowest BCUT2D eigenvalue weighted by molar-refractivity contribution is -0.143. The van der Waals surface area contributed by atoms with Crippen LogP contribution in [-0.4, -0.2) is 43.0 Å². The Bertz CT molecular complexity index is 889. The molecule has 2 aliphatic rings. The largest absolute Gasteiger partial charge is 0.370 e. The molecule has 0 aliphatic carbocycles. The van der Waals surface area contributed by atoms with Gasteiger partial charge in [0.25, 0.3) is 0 Å². The van der Waals surface area contributed by atoms with Crippen LogP contribution in [0.25, 0.3) is 0 Å². The van der Waals surface area contributed by atoms with Crippen LogP contribution in [0, 0.1) is 11.7 Å². The number of amides is 2. The zero-order chi connectivity index (χ0) is 19.7. The summed E-state index contributed by atoms with van der Waals surface area (Å²) in [4.78, 5) is 28.8. The second-order valence-corrected chi connectivity index (χ2v) is 7.46. The maximum absolute atomic E-state index is 13.2. The van der Waals surface area contributed by atoms with Gasteiger partial charge in [-0.05, 0) is 29.8 Å². The molecule has 0 N–H and O–H groups in total. The van der Waals surface area contributed by atoms with Crippen molar-refractivity contribution in [2.75, 3.05) is 31.1 Å². The number of morpholine rings is 1. The van der Waals surface area contributed by atoms with Crippen molar-refractivity contribution in [1.29, 1.82) is 0 Å². The first-order valence-electron chi connectivity index (χ1n) is 9.23. The molecule has 2 amide bonds. The van der Waals surface area contributed by atoms with Gasteiger partial charge in [-0.3, -0.25) is 9.59 Å². The first kappa shape index (κ1) is 18.9. The lowest BCUT2D eigenvalue weighted by Gasteiger charge is -2.34. The molecule has 146 valence electrons. The minimum absolute atomic E-state index is 0.0571. The Morgan fingerprint density at radius 3 is 2.61 bits per heavy atom. The molecule has 4 rings (SSSR count). The molecule has 0 radical (unpaired) electrons. The van der Waals surface area contributed by atoms with Crippen LogP contribution in [0.2, 0.25) is 5.02 Å². The van der Waals surface area contributed by atoms with Crippen LogP contribution in [0.3, 0.4) is 0 Å². The SMILES string of the molecule is O=C(C1CC(=O)N(c2ccccc2Cl)C1)N1CCOC(c2ccc(F)cc2)C1. The van der Waals surface area contributed by atoms with Crippen LogP contribution in [0.4, 0.5) is 10.1 Å². The monoisotopic (exact) mass is 402 g/mol. The molecule has 2 aromatic rings. The van der Waals surface area contributed by atoms with Crippen molar-refractivity contribution in [3.8, 4) is 0 Å². The van der Waals surface area contributed by atoms with E-state index in [2.05, 4.69) is 0 Å². The van der Waals surface area contributed by atoms with E-state index >= 15 is 0 Å². The van der Waals surface area contributed by atoms with Crippen LogP contribution in [0.15, 0.2) is 48.5 Å². The molecule has 2 aromatic carbocycles. The number of para-hydroxylation sites is 1. The molecule has 2 atom stereocenters. The number of anilines is 1. The lowest BCUT2D eigenvalue weighted by Crippen LogP contribution is -2.45. The van der Waals surface area contributed by atoms with Gasteiger partial charge in [0.2, 0.25) is 11.8 Å². The maximum Gasteiger partial charge on any atom is 0.228 e. The topological polar surface area (TPSA) is 49.9 Å². The fourth-order valence-corrected chi connectivity index (χ4v) is 4.00. The van der Waals surface area contributed by atoms with Crippen molar-refractivity contribution in [2.24, 2.45) is 5.92 Å². The van der Waals surface area contributed by atoms with Crippen molar-refractivity contribution >= 4 is 29.1 Å². The summed E-state index contributed by atoms with van der Waals surface area (Å²) >= 11 is 6.21. The number of halogens is 2. The highest BCUT2D eigenvalue weighted by molar-refractivity contribution is 6.33. The number of carbonyl (C=O) groups excluding carboxylic acids is 2. The number of rotatable bonds is 3. The minimum Gasteiger partial charge on any atom is -0.370 e. The average molecular weight is 403 g/mol. The number of carbonyl (C=O) groups is 2. The minimum atomic E-state index is -0.407. The standard InChI is InChI=1S/C21H20ClFN2O3/c22-17-3-1-2-4-18(17)25-12-15(11-20(25)26)21(27)24-9-10-28-19(13-24)14-5-7-16(23)8-6-14/h1-8,15,19H,9-13H2. The third-order valence-corrected chi connectivity index (χ3v) is 5.56. The van der Waals surface area contributed by atoms with E-state index in [0.29, 0.717) is 37.0 Å². The summed E-state index contributed by atoms with van der Waals surface area (Å²) in [5.41, 5.74) is 1.47. The highest BCUT2D eigenvalue weighted by Crippen LogP contribution is 2.32. The van der Waals surface area contributed by atoms with Gasteiger partial charge < -0.3 is 14.5 Å². The third-order valence-electron chi connectivity index (χ3n) is 5.24. The predicted molar refractivity (Wildman–Crippen MR) is 104 cm³/mol. The molecule has 0 aromatic heterocycles. The van der Waals surface area contributed by atoms with Gasteiger partial charge in [0.1, 0.15) is 11.9 Å². The Hall–Kier alpha value is -2.44. The Morgan fingerprint density at radius 2 is 1.86 bits per heavy atom. The van der Waals surface area contributed by atoms with Gasteiger partial charge in [0.15, 0.2) is 0 Å². The average Bonchev–Trinajstić information content (AvgIpc) is 3.10. The van der Waals surface area contributed by atoms with Crippen molar-refractivity contribution in [1.82, 2.24) is 4.90 Å². The number of benzene rings is 2. The number of hydrogen-bond donors (Lipinski definition) is 0. The van der Waals surface area contributed by atoms with Gasteiger partial charge in [-0.15, -0.1) is 0 Å². The summed E-state index contributed by atoms with van der Waals surface area (Å²) in [6, 6.07) is 13.3. The first-order valence-corrected chi connectivity index (χ1v) is 9.61. The van der Waals surface area contributed by atoms with E-state index in [1.54, 1.807) is 40.1 Å². The molecule has 0 spiro atoms. The smallest absolute Gasteiger partial charge is 0.228 e. The van der Waals surface area contributed by atoms with Crippen LogP contribution in [0.5, 0.6) is 0 Å². The first-order chi connectivity index (χ1) is 13.5. The quantitative estimate of drug-likeness (QED) is 0.790. The second kappa shape index (κ2) is 7.89. The zero-order valence-electron chi connectivity index (χ0n) is 15.2. The van der Waals surface area contributed by atoms with E-state index < -0.39 is 5.92 Å². The van der Waals surface area contributed by atoms with Crippen LogP contribution in [-0.2, 0) is 14.3 Å². The summed E-state index contributed by atoms with van der Waals surface area (Å²) < 4.78 is 18.9. The zero-order valence-corrected chi connectivity index (χ0v) is 15.9. The van der Waals surface area contributed by atoms with E-state index in [0.717, 1.165) is 5.56 Å². The predicted octanol–water partition coefficient (Wildman–Crippen LogP) is 3.43. The number of ether oxygens (including phenoxy) is 1. The number of hydrogen-bond acceptors (Lipinski definition) is 3. The van der Waals surface area contributed by atoms with Gasteiger partial charge in [0.05, 0.1) is 29.8 Å². The molecular weight excluding hydrogens is 383 g/mol. The molecule has 0 bridgehead atoms. The van der Waals surface area contributed by atoms with Gasteiger partial charge in [-0.1, -0.05) is 35.9 Å². The fourth-order valence-electron chi connectivity index (χ4n) is 3.76. The summed E-state index contributed by atoms with van der Waals surface area (Å²) in [6.45, 7) is 1.59. The van der Waals surface area contributed by atoms with E-state index in [-0.39, 0.29) is 30.2 Å². The van der Waals surface area contributed by atoms with Crippen molar-refractivity contribution < 1.29 is 18.7 Å². The Kier molecular flexibility index (Phi) is 5.33. The van der Waals surface area contributed by atoms with Crippen LogP contribution >= 0.6 is 11.6 Å². The van der Waals surface area contributed by atoms with E-state index in [4.69, 9.17) is 16.3 Å². The molecule has 2 heterocycles. The van der Waals surface area contributed by atoms with E-state index in [1.165, 1.54) is 12.1 Å². The summed E-state index contributed by atoms with van der Waals surface area (Å²) in [6.07, 6.45) is -0.127. The van der Waals surface area contributed by atoms with E-state index in [1.807, 2.05) is 6.07 Å². The van der Waals surface area contributed by atoms with Gasteiger partial charge >= 0.3 is 0 Å². The Balaban J connectivity index is 1.45. The molecule has 2 unspecified atom stereocenters. The maximum atomic E-state index is 13.2. The molecule has 2 fully saturated rings. The van der Waals surface area contributed by atoms with Crippen LogP contribution < -0.4 is 4.90 Å². The normalized spacial score (nSPS) is 22.6. The van der Waals surface area contributed by atoms with E-state index in [9.17, 15) is 14.0 Å². The molecule has 2 saturated heterocycles. The third kappa shape index (κ3) is 3.75. The summed E-state index contributed by atoms with van der Waals surface area (Å²) in [5, 5.41) is 0.492. The molecule has 5 nitrogen and oxygen atoms in total. The Morgan fingerprint density at radius 1 is 1.11 bits per heavy atom. The molecule has 0 saturated carbocycles. The van der Waals surface area contributed by atoms with Gasteiger partial charge in [-0.25, -0.2) is 4.39 Å². The molecular formula is C21H20ClFN2O3. The highest BCUT2D eigenvalue weighted by Gasteiger charge is 2.39.